The van der Waals surface area contributed by atoms with Gasteiger partial charge >= 0.3 is 0 Å². The lowest BCUT2D eigenvalue weighted by atomic mass is 9.94. The van der Waals surface area contributed by atoms with Crippen LogP contribution in [0.25, 0.3) is 0 Å². The molecule has 0 amide bonds. The molecule has 0 fully saturated rings. The zero-order chi connectivity index (χ0) is 18.1. The van der Waals surface area contributed by atoms with Crippen molar-refractivity contribution >= 4 is 0 Å². The van der Waals surface area contributed by atoms with E-state index in [4.69, 9.17) is 0 Å². The van der Waals surface area contributed by atoms with Gasteiger partial charge < -0.3 is 5.11 Å². The molecule has 0 aliphatic carbocycles. The van der Waals surface area contributed by atoms with Crippen molar-refractivity contribution in [2.45, 2.75) is 65.3 Å². The molecular weight excluding hydrogens is 306 g/mol. The normalized spacial score (nSPS) is 15.1. The molecule has 0 saturated carbocycles. The van der Waals surface area contributed by atoms with Gasteiger partial charge in [0.2, 0.25) is 0 Å². The molecule has 0 heterocycles. The SMILES string of the molecule is CCC(C(O)C[C@@H](C)CC)N(Cc1ccccc1)Cc1ccccc1. The fourth-order valence-corrected chi connectivity index (χ4v) is 3.44. The smallest absolute Gasteiger partial charge is 0.0698 e. The molecule has 2 unspecified atom stereocenters. The summed E-state index contributed by atoms with van der Waals surface area (Å²) < 4.78 is 0. The Balaban J connectivity index is 2.18. The Hall–Kier alpha value is -1.64. The number of aliphatic hydroxyl groups excluding tert-OH is 1. The summed E-state index contributed by atoms with van der Waals surface area (Å²) in [7, 11) is 0. The second-order valence-electron chi connectivity index (χ2n) is 7.17. The maximum atomic E-state index is 10.9. The minimum atomic E-state index is -0.285. The molecule has 0 saturated heterocycles. The van der Waals surface area contributed by atoms with Crippen LogP contribution in [0.3, 0.4) is 0 Å². The first-order valence-corrected chi connectivity index (χ1v) is 9.64. The predicted octanol–water partition coefficient (Wildman–Crippen LogP) is 5.26. The van der Waals surface area contributed by atoms with Gasteiger partial charge in [0.15, 0.2) is 0 Å². The molecule has 136 valence electrons. The highest BCUT2D eigenvalue weighted by Crippen LogP contribution is 2.22. The van der Waals surface area contributed by atoms with E-state index >= 15 is 0 Å². The Kier molecular flexibility index (Phi) is 8.17. The molecule has 0 aliphatic heterocycles. The summed E-state index contributed by atoms with van der Waals surface area (Å²) in [6.07, 6.45) is 2.66. The van der Waals surface area contributed by atoms with Crippen LogP contribution in [-0.4, -0.2) is 22.2 Å². The van der Waals surface area contributed by atoms with Crippen molar-refractivity contribution in [2.24, 2.45) is 5.92 Å². The topological polar surface area (TPSA) is 23.5 Å². The third-order valence-electron chi connectivity index (χ3n) is 5.13. The van der Waals surface area contributed by atoms with Gasteiger partial charge in [0.25, 0.3) is 0 Å². The zero-order valence-electron chi connectivity index (χ0n) is 15.9. The van der Waals surface area contributed by atoms with E-state index in [-0.39, 0.29) is 12.1 Å². The molecule has 0 spiro atoms. The Bertz CT molecular complexity index is 542. The van der Waals surface area contributed by atoms with Gasteiger partial charge in [-0.2, -0.15) is 0 Å². The molecule has 0 radical (unpaired) electrons. The Morgan fingerprint density at radius 2 is 1.28 bits per heavy atom. The minimum absolute atomic E-state index is 0.175. The summed E-state index contributed by atoms with van der Waals surface area (Å²) in [5.41, 5.74) is 2.60. The average molecular weight is 340 g/mol. The van der Waals surface area contributed by atoms with Gasteiger partial charge in [-0.3, -0.25) is 4.90 Å². The third kappa shape index (κ3) is 6.30. The molecule has 25 heavy (non-hydrogen) atoms. The summed E-state index contributed by atoms with van der Waals surface area (Å²) in [6, 6.07) is 21.3. The average Bonchev–Trinajstić information content (AvgIpc) is 2.63. The van der Waals surface area contributed by atoms with Crippen LogP contribution in [0.15, 0.2) is 60.7 Å². The third-order valence-corrected chi connectivity index (χ3v) is 5.13. The fourth-order valence-electron chi connectivity index (χ4n) is 3.44. The van der Waals surface area contributed by atoms with Crippen LogP contribution >= 0.6 is 0 Å². The van der Waals surface area contributed by atoms with Gasteiger partial charge in [0.1, 0.15) is 0 Å². The number of hydrogen-bond donors (Lipinski definition) is 1. The number of rotatable bonds is 10. The van der Waals surface area contributed by atoms with Gasteiger partial charge in [-0.1, -0.05) is 87.9 Å². The van der Waals surface area contributed by atoms with Gasteiger partial charge in [-0.05, 0) is 29.9 Å². The molecule has 2 nitrogen and oxygen atoms in total. The first-order valence-electron chi connectivity index (χ1n) is 9.64. The molecule has 0 bridgehead atoms. The second-order valence-corrected chi connectivity index (χ2v) is 7.17. The zero-order valence-corrected chi connectivity index (χ0v) is 15.9. The van der Waals surface area contributed by atoms with E-state index in [2.05, 4.69) is 86.3 Å². The fraction of sp³-hybridized carbons (Fsp3) is 0.478. The number of benzene rings is 2. The first kappa shape index (κ1) is 19.7. The first-order chi connectivity index (χ1) is 12.1. The van der Waals surface area contributed by atoms with Crippen LogP contribution in [0.5, 0.6) is 0 Å². The van der Waals surface area contributed by atoms with Crippen LogP contribution in [0.2, 0.25) is 0 Å². The van der Waals surface area contributed by atoms with Crippen molar-refractivity contribution in [3.05, 3.63) is 71.8 Å². The molecule has 2 rings (SSSR count). The van der Waals surface area contributed by atoms with E-state index in [1.54, 1.807) is 0 Å². The summed E-state index contributed by atoms with van der Waals surface area (Å²) in [5, 5.41) is 10.9. The Morgan fingerprint density at radius 1 is 0.800 bits per heavy atom. The molecular formula is C23H33NO. The van der Waals surface area contributed by atoms with Gasteiger partial charge in [0, 0.05) is 19.1 Å². The molecule has 0 aliphatic rings. The van der Waals surface area contributed by atoms with Gasteiger partial charge in [-0.25, -0.2) is 0 Å². The van der Waals surface area contributed by atoms with Crippen molar-refractivity contribution in [3.8, 4) is 0 Å². The minimum Gasteiger partial charge on any atom is -0.391 e. The van der Waals surface area contributed by atoms with E-state index < -0.39 is 0 Å². The number of nitrogens with zero attached hydrogens (tertiary/aromatic N) is 1. The van der Waals surface area contributed by atoms with Crippen molar-refractivity contribution in [2.75, 3.05) is 0 Å². The highest BCUT2D eigenvalue weighted by atomic mass is 16.3. The monoisotopic (exact) mass is 339 g/mol. The Morgan fingerprint density at radius 3 is 1.68 bits per heavy atom. The maximum Gasteiger partial charge on any atom is 0.0698 e. The molecule has 3 atom stereocenters. The van der Waals surface area contributed by atoms with Crippen LogP contribution in [0.1, 0.15) is 51.2 Å². The van der Waals surface area contributed by atoms with Crippen molar-refractivity contribution in [3.63, 3.8) is 0 Å². The number of aliphatic hydroxyl groups is 1. The molecule has 2 aromatic carbocycles. The molecule has 1 N–H and O–H groups in total. The van der Waals surface area contributed by atoms with Crippen LogP contribution in [-0.2, 0) is 13.1 Å². The van der Waals surface area contributed by atoms with E-state index in [0.717, 1.165) is 32.4 Å². The van der Waals surface area contributed by atoms with Crippen molar-refractivity contribution in [1.82, 2.24) is 4.90 Å². The van der Waals surface area contributed by atoms with Gasteiger partial charge in [0.05, 0.1) is 6.10 Å². The quantitative estimate of drug-likeness (QED) is 0.638. The lowest BCUT2D eigenvalue weighted by Crippen LogP contribution is -2.43. The lowest BCUT2D eigenvalue weighted by molar-refractivity contribution is 0.0232. The highest BCUT2D eigenvalue weighted by molar-refractivity contribution is 5.17. The number of hydrogen-bond acceptors (Lipinski definition) is 2. The summed E-state index contributed by atoms with van der Waals surface area (Å²) in [6.45, 7) is 8.35. The molecule has 2 heteroatoms. The Labute approximate surface area is 153 Å². The van der Waals surface area contributed by atoms with Crippen molar-refractivity contribution in [1.29, 1.82) is 0 Å². The van der Waals surface area contributed by atoms with E-state index in [1.165, 1.54) is 11.1 Å². The summed E-state index contributed by atoms with van der Waals surface area (Å²) in [5.74, 6) is 0.555. The molecule has 0 aromatic heterocycles. The van der Waals surface area contributed by atoms with E-state index in [0.29, 0.717) is 5.92 Å². The predicted molar refractivity (Wildman–Crippen MR) is 106 cm³/mol. The largest absolute Gasteiger partial charge is 0.391 e. The standard InChI is InChI=1S/C23H33NO/c1-4-19(3)16-23(25)22(5-2)24(17-20-12-8-6-9-13-20)18-21-14-10-7-11-15-21/h6-15,19,22-23,25H,4-5,16-18H2,1-3H3/t19-,22?,23?/m0/s1. The maximum absolute atomic E-state index is 10.9. The van der Waals surface area contributed by atoms with Crippen molar-refractivity contribution < 1.29 is 5.11 Å². The summed E-state index contributed by atoms with van der Waals surface area (Å²) in [4.78, 5) is 2.44. The van der Waals surface area contributed by atoms with Crippen LogP contribution in [0.4, 0.5) is 0 Å². The summed E-state index contributed by atoms with van der Waals surface area (Å²) >= 11 is 0. The highest BCUT2D eigenvalue weighted by Gasteiger charge is 2.26. The van der Waals surface area contributed by atoms with Gasteiger partial charge in [-0.15, -0.1) is 0 Å². The van der Waals surface area contributed by atoms with E-state index in [1.807, 2.05) is 0 Å². The van der Waals surface area contributed by atoms with E-state index in [9.17, 15) is 5.11 Å². The van der Waals surface area contributed by atoms with Crippen LogP contribution < -0.4 is 0 Å². The van der Waals surface area contributed by atoms with Crippen LogP contribution in [0, 0.1) is 5.92 Å². The molecule has 2 aromatic rings. The lowest BCUT2D eigenvalue weighted by Gasteiger charge is -2.35. The second kappa shape index (κ2) is 10.4.